The van der Waals surface area contributed by atoms with Gasteiger partial charge in [-0.3, -0.25) is 14.0 Å². The van der Waals surface area contributed by atoms with E-state index >= 15 is 0 Å². The summed E-state index contributed by atoms with van der Waals surface area (Å²) < 4.78 is 3.70. The number of aryl methyl sites for hydroxylation is 3. The normalized spacial score (nSPS) is 14.1. The fourth-order valence-corrected chi connectivity index (χ4v) is 3.67. The van der Waals surface area contributed by atoms with Gasteiger partial charge in [0.1, 0.15) is 4.83 Å². The van der Waals surface area contributed by atoms with E-state index in [4.69, 9.17) is 0 Å². The molecule has 0 aromatic carbocycles. The van der Waals surface area contributed by atoms with Crippen molar-refractivity contribution in [3.63, 3.8) is 0 Å². The second kappa shape index (κ2) is 4.28. The summed E-state index contributed by atoms with van der Waals surface area (Å²) in [6, 6.07) is 2.10. The van der Waals surface area contributed by atoms with Crippen LogP contribution in [0.5, 0.6) is 0 Å². The lowest BCUT2D eigenvalue weighted by atomic mass is 10.2. The highest BCUT2D eigenvalue weighted by molar-refractivity contribution is 7.16. The monoisotopic (exact) mass is 286 g/mol. The summed E-state index contributed by atoms with van der Waals surface area (Å²) in [5.74, 6) is 0. The Morgan fingerprint density at radius 2 is 2.35 bits per heavy atom. The quantitative estimate of drug-likeness (QED) is 0.723. The molecule has 0 unspecified atom stereocenters. The van der Waals surface area contributed by atoms with Crippen LogP contribution < -0.4 is 5.56 Å². The molecular weight excluding hydrogens is 272 g/mol. The van der Waals surface area contributed by atoms with Gasteiger partial charge in [-0.05, 0) is 36.8 Å². The molecule has 3 aromatic rings. The van der Waals surface area contributed by atoms with Crippen molar-refractivity contribution in [1.82, 2.24) is 19.3 Å². The number of hydrogen-bond donors (Lipinski definition) is 0. The lowest BCUT2D eigenvalue weighted by molar-refractivity contribution is 0.627. The predicted octanol–water partition coefficient (Wildman–Crippen LogP) is 1.96. The first-order valence-electron chi connectivity index (χ1n) is 6.71. The maximum absolute atomic E-state index is 12.5. The first-order valence-corrected chi connectivity index (χ1v) is 7.59. The Hall–Kier alpha value is -1.95. The number of hydrogen-bond acceptors (Lipinski definition) is 4. The molecule has 102 valence electrons. The Kier molecular flexibility index (Phi) is 2.53. The highest BCUT2D eigenvalue weighted by atomic mass is 32.1. The van der Waals surface area contributed by atoms with E-state index in [1.165, 1.54) is 23.5 Å². The van der Waals surface area contributed by atoms with Gasteiger partial charge in [-0.25, -0.2) is 4.98 Å². The zero-order valence-corrected chi connectivity index (χ0v) is 12.0. The second-order valence-corrected chi connectivity index (χ2v) is 6.09. The van der Waals surface area contributed by atoms with Gasteiger partial charge in [0.15, 0.2) is 0 Å². The summed E-state index contributed by atoms with van der Waals surface area (Å²) in [7, 11) is 0. The van der Waals surface area contributed by atoms with Crippen LogP contribution in [0.2, 0.25) is 0 Å². The minimum absolute atomic E-state index is 0.0295. The van der Waals surface area contributed by atoms with Gasteiger partial charge < -0.3 is 0 Å². The van der Waals surface area contributed by atoms with E-state index in [1.54, 1.807) is 10.9 Å². The van der Waals surface area contributed by atoms with E-state index in [2.05, 4.69) is 16.1 Å². The maximum atomic E-state index is 12.5. The van der Waals surface area contributed by atoms with Crippen molar-refractivity contribution >= 4 is 21.6 Å². The zero-order valence-electron chi connectivity index (χ0n) is 11.2. The molecule has 5 nitrogen and oxygen atoms in total. The predicted molar refractivity (Wildman–Crippen MR) is 78.3 cm³/mol. The van der Waals surface area contributed by atoms with Gasteiger partial charge in [-0.15, -0.1) is 11.3 Å². The molecule has 1 aliphatic rings. The summed E-state index contributed by atoms with van der Waals surface area (Å²) >= 11 is 1.52. The van der Waals surface area contributed by atoms with Gasteiger partial charge in [-0.2, -0.15) is 5.10 Å². The number of nitrogens with zero attached hydrogens (tertiary/aromatic N) is 4. The van der Waals surface area contributed by atoms with Gasteiger partial charge in [-0.1, -0.05) is 0 Å². The molecule has 0 aliphatic carbocycles. The van der Waals surface area contributed by atoms with Gasteiger partial charge in [0.05, 0.1) is 24.0 Å². The van der Waals surface area contributed by atoms with E-state index in [0.717, 1.165) is 34.4 Å². The van der Waals surface area contributed by atoms with Gasteiger partial charge in [0, 0.05) is 12.2 Å². The number of thiophene rings is 1. The van der Waals surface area contributed by atoms with Crippen molar-refractivity contribution in [2.45, 2.75) is 32.9 Å². The summed E-state index contributed by atoms with van der Waals surface area (Å²) in [6.07, 6.45) is 3.89. The van der Waals surface area contributed by atoms with E-state index in [1.807, 2.05) is 17.0 Å². The Bertz CT molecular complexity index is 836. The SMILES string of the molecule is Cc1csc2ncn(Cc3cc4n(n3)CCC4)c(=O)c12. The highest BCUT2D eigenvalue weighted by Gasteiger charge is 2.15. The average molecular weight is 286 g/mol. The lowest BCUT2D eigenvalue weighted by Crippen LogP contribution is -2.21. The summed E-state index contributed by atoms with van der Waals surface area (Å²) in [5.41, 5.74) is 3.25. The van der Waals surface area contributed by atoms with E-state index in [9.17, 15) is 4.79 Å². The van der Waals surface area contributed by atoms with Crippen molar-refractivity contribution in [2.24, 2.45) is 0 Å². The van der Waals surface area contributed by atoms with Crippen molar-refractivity contribution in [2.75, 3.05) is 0 Å². The Balaban J connectivity index is 1.76. The molecule has 1 aliphatic heterocycles. The molecule has 0 saturated carbocycles. The van der Waals surface area contributed by atoms with Crippen molar-refractivity contribution in [3.8, 4) is 0 Å². The summed E-state index contributed by atoms with van der Waals surface area (Å²) in [5, 5.41) is 7.27. The fourth-order valence-electron chi connectivity index (χ4n) is 2.79. The van der Waals surface area contributed by atoms with Crippen molar-refractivity contribution in [3.05, 3.63) is 45.1 Å². The summed E-state index contributed by atoms with van der Waals surface area (Å²) in [4.78, 5) is 17.7. The molecule has 4 heterocycles. The third-order valence-electron chi connectivity index (χ3n) is 3.79. The van der Waals surface area contributed by atoms with Crippen LogP contribution in [-0.2, 0) is 19.5 Å². The van der Waals surface area contributed by atoms with Crippen LogP contribution in [0.4, 0.5) is 0 Å². The fraction of sp³-hybridized carbons (Fsp3) is 0.357. The molecule has 6 heteroatoms. The molecule has 0 radical (unpaired) electrons. The molecular formula is C14H14N4OS. The molecule has 0 amide bonds. The first-order chi connectivity index (χ1) is 9.72. The molecule has 0 fully saturated rings. The first kappa shape index (κ1) is 11.8. The number of aromatic nitrogens is 4. The third-order valence-corrected chi connectivity index (χ3v) is 4.80. The Morgan fingerprint density at radius 1 is 1.45 bits per heavy atom. The molecule has 0 spiro atoms. The second-order valence-electron chi connectivity index (χ2n) is 5.23. The van der Waals surface area contributed by atoms with Gasteiger partial charge in [0.2, 0.25) is 0 Å². The molecule has 0 saturated heterocycles. The lowest BCUT2D eigenvalue weighted by Gasteiger charge is -2.03. The molecule has 3 aromatic heterocycles. The van der Waals surface area contributed by atoms with Crippen LogP contribution in [0.15, 0.2) is 22.6 Å². The highest BCUT2D eigenvalue weighted by Crippen LogP contribution is 2.20. The maximum Gasteiger partial charge on any atom is 0.262 e. The number of fused-ring (bicyclic) bond motifs is 2. The topological polar surface area (TPSA) is 52.7 Å². The molecule has 0 atom stereocenters. The van der Waals surface area contributed by atoms with Crippen molar-refractivity contribution < 1.29 is 0 Å². The van der Waals surface area contributed by atoms with Crippen molar-refractivity contribution in [1.29, 1.82) is 0 Å². The average Bonchev–Trinajstić information content (AvgIpc) is 3.08. The van der Waals surface area contributed by atoms with Crippen LogP contribution in [0, 0.1) is 6.92 Å². The van der Waals surface area contributed by atoms with Crippen LogP contribution in [0.1, 0.15) is 23.4 Å². The van der Waals surface area contributed by atoms with Gasteiger partial charge in [0.25, 0.3) is 5.56 Å². The van der Waals surface area contributed by atoms with Crippen LogP contribution in [0.3, 0.4) is 0 Å². The molecule has 0 N–H and O–H groups in total. The minimum Gasteiger partial charge on any atom is -0.293 e. The summed E-state index contributed by atoms with van der Waals surface area (Å²) in [6.45, 7) is 3.44. The largest absolute Gasteiger partial charge is 0.293 e. The molecule has 4 rings (SSSR count). The minimum atomic E-state index is 0.0295. The van der Waals surface area contributed by atoms with Crippen LogP contribution in [0.25, 0.3) is 10.2 Å². The Morgan fingerprint density at radius 3 is 3.20 bits per heavy atom. The van der Waals surface area contributed by atoms with Crippen LogP contribution in [-0.4, -0.2) is 19.3 Å². The van der Waals surface area contributed by atoms with Gasteiger partial charge >= 0.3 is 0 Å². The van der Waals surface area contributed by atoms with Crippen LogP contribution >= 0.6 is 11.3 Å². The van der Waals surface area contributed by atoms with E-state index in [0.29, 0.717) is 6.54 Å². The third kappa shape index (κ3) is 1.71. The number of rotatable bonds is 2. The molecule has 20 heavy (non-hydrogen) atoms. The van der Waals surface area contributed by atoms with E-state index in [-0.39, 0.29) is 5.56 Å². The van der Waals surface area contributed by atoms with E-state index < -0.39 is 0 Å². The standard InChI is InChI=1S/C14H14N4OS/c1-9-7-20-13-12(9)14(19)17(8-15-13)6-10-5-11-3-2-4-18(11)16-10/h5,7-8H,2-4,6H2,1H3. The zero-order chi connectivity index (χ0) is 13.7. The Labute approximate surface area is 119 Å². The molecule has 0 bridgehead atoms. The smallest absolute Gasteiger partial charge is 0.262 e.